The summed E-state index contributed by atoms with van der Waals surface area (Å²) in [6, 6.07) is 12.8. The van der Waals surface area contributed by atoms with E-state index in [1.165, 1.54) is 24.0 Å². The van der Waals surface area contributed by atoms with Gasteiger partial charge in [-0.05, 0) is 70.0 Å². The number of benzene rings is 1. The summed E-state index contributed by atoms with van der Waals surface area (Å²) >= 11 is 0. The third-order valence-electron chi connectivity index (χ3n) is 5.29. The highest BCUT2D eigenvalue weighted by molar-refractivity contribution is 14.0. The molecule has 1 aromatic heterocycles. The lowest BCUT2D eigenvalue weighted by molar-refractivity contribution is 0.0657. The molecule has 1 saturated heterocycles. The zero-order valence-corrected chi connectivity index (χ0v) is 21.3. The second-order valence-electron chi connectivity index (χ2n) is 8.03. The molecule has 172 valence electrons. The first kappa shape index (κ1) is 25.7. The lowest BCUT2D eigenvalue weighted by Crippen LogP contribution is -2.42. The normalized spacial score (nSPS) is 15.7. The van der Waals surface area contributed by atoms with Gasteiger partial charge in [-0.3, -0.25) is 4.90 Å². The van der Waals surface area contributed by atoms with Gasteiger partial charge in [-0.25, -0.2) is 4.99 Å². The van der Waals surface area contributed by atoms with E-state index in [1.807, 2.05) is 6.07 Å². The molecule has 1 atom stereocenters. The Kier molecular flexibility index (Phi) is 11.4. The molecule has 1 aliphatic heterocycles. The number of furan rings is 1. The average molecular weight is 540 g/mol. The fourth-order valence-corrected chi connectivity index (χ4v) is 3.65. The molecule has 1 fully saturated rings. The third kappa shape index (κ3) is 8.46. The largest absolute Gasteiger partial charge is 0.468 e. The van der Waals surface area contributed by atoms with Gasteiger partial charge in [0, 0.05) is 13.1 Å². The van der Waals surface area contributed by atoms with Gasteiger partial charge in [-0.15, -0.1) is 24.0 Å². The summed E-state index contributed by atoms with van der Waals surface area (Å²) in [5, 5.41) is 6.88. The first-order valence-corrected chi connectivity index (χ1v) is 11.1. The molecule has 1 unspecified atom stereocenters. The summed E-state index contributed by atoms with van der Waals surface area (Å²) in [6.45, 7) is 11.3. The van der Waals surface area contributed by atoms with E-state index in [4.69, 9.17) is 14.1 Å². The van der Waals surface area contributed by atoms with Crippen LogP contribution in [0, 0.1) is 0 Å². The van der Waals surface area contributed by atoms with Gasteiger partial charge in [-0.2, -0.15) is 0 Å². The molecule has 0 spiro atoms. The molecule has 7 heteroatoms. The number of ether oxygens (including phenoxy) is 1. The molecule has 0 radical (unpaired) electrons. The van der Waals surface area contributed by atoms with Gasteiger partial charge in [0.25, 0.3) is 0 Å². The summed E-state index contributed by atoms with van der Waals surface area (Å²) in [7, 11) is 0. The minimum atomic E-state index is 0. The zero-order valence-electron chi connectivity index (χ0n) is 19.0. The van der Waals surface area contributed by atoms with Gasteiger partial charge in [-0.1, -0.05) is 24.3 Å². The molecular formula is C24H37IN4O2. The van der Waals surface area contributed by atoms with Crippen molar-refractivity contribution in [3.05, 3.63) is 59.5 Å². The molecule has 3 rings (SSSR count). The van der Waals surface area contributed by atoms with Gasteiger partial charge in [0.1, 0.15) is 5.76 Å². The molecule has 0 saturated carbocycles. The first-order chi connectivity index (χ1) is 14.7. The lowest BCUT2D eigenvalue weighted by Gasteiger charge is -2.26. The molecule has 2 N–H and O–H groups in total. The Balaban J connectivity index is 0.00000341. The van der Waals surface area contributed by atoms with Crippen molar-refractivity contribution in [3.8, 4) is 0 Å². The summed E-state index contributed by atoms with van der Waals surface area (Å²) in [4.78, 5) is 7.27. The van der Waals surface area contributed by atoms with Crippen LogP contribution >= 0.6 is 24.0 Å². The molecule has 2 heterocycles. The standard InChI is InChI=1S/C24H36N4O2.HI/c1-4-25-24(26-16-20-9-11-21(12-10-20)18-30-19(2)3)27-17-22(23-8-7-15-29-23)28-13-5-6-14-28;/h7-12,15,19,22H,4-6,13-14,16-18H2,1-3H3,(H2,25,26,27);1H. The minimum Gasteiger partial charge on any atom is -0.468 e. The Morgan fingerprint density at radius 2 is 1.81 bits per heavy atom. The van der Waals surface area contributed by atoms with Crippen LogP contribution in [0.3, 0.4) is 0 Å². The summed E-state index contributed by atoms with van der Waals surface area (Å²) in [6.07, 6.45) is 4.51. The second-order valence-corrected chi connectivity index (χ2v) is 8.03. The Hall–Kier alpha value is -1.58. The Bertz CT molecular complexity index is 756. The van der Waals surface area contributed by atoms with Crippen molar-refractivity contribution in [2.24, 2.45) is 4.99 Å². The first-order valence-electron chi connectivity index (χ1n) is 11.1. The van der Waals surface area contributed by atoms with E-state index in [2.05, 4.69) is 66.6 Å². The fraction of sp³-hybridized carbons (Fsp3) is 0.542. The van der Waals surface area contributed by atoms with Crippen LogP contribution in [0.25, 0.3) is 0 Å². The highest BCUT2D eigenvalue weighted by atomic mass is 127. The van der Waals surface area contributed by atoms with Crippen LogP contribution in [0.15, 0.2) is 52.1 Å². The third-order valence-corrected chi connectivity index (χ3v) is 5.29. The van der Waals surface area contributed by atoms with E-state index in [1.54, 1.807) is 6.26 Å². The maximum Gasteiger partial charge on any atom is 0.191 e. The number of nitrogens with one attached hydrogen (secondary N) is 2. The summed E-state index contributed by atoms with van der Waals surface area (Å²) in [5.74, 6) is 1.85. The van der Waals surface area contributed by atoms with Gasteiger partial charge >= 0.3 is 0 Å². The topological polar surface area (TPSA) is 62.0 Å². The fourth-order valence-electron chi connectivity index (χ4n) is 3.65. The highest BCUT2D eigenvalue weighted by Crippen LogP contribution is 2.24. The smallest absolute Gasteiger partial charge is 0.191 e. The molecule has 0 amide bonds. The lowest BCUT2D eigenvalue weighted by atomic mass is 10.1. The van der Waals surface area contributed by atoms with Gasteiger partial charge < -0.3 is 19.8 Å². The molecule has 0 bridgehead atoms. The van der Waals surface area contributed by atoms with Crippen LogP contribution < -0.4 is 10.6 Å². The van der Waals surface area contributed by atoms with Crippen molar-refractivity contribution in [2.75, 3.05) is 26.2 Å². The number of aliphatic imine (C=N–C) groups is 1. The number of guanidine groups is 1. The molecule has 0 aliphatic carbocycles. The van der Waals surface area contributed by atoms with E-state index >= 15 is 0 Å². The second kappa shape index (κ2) is 13.8. The number of halogens is 1. The van der Waals surface area contributed by atoms with E-state index in [9.17, 15) is 0 Å². The molecule has 1 aromatic carbocycles. The molecule has 1 aliphatic rings. The molecular weight excluding hydrogens is 503 g/mol. The quantitative estimate of drug-likeness (QED) is 0.260. The molecule has 31 heavy (non-hydrogen) atoms. The maximum atomic E-state index is 5.72. The van der Waals surface area contributed by atoms with E-state index in [0.717, 1.165) is 37.9 Å². The SMILES string of the molecule is CCNC(=NCc1ccc(COC(C)C)cc1)NCC(c1ccco1)N1CCCC1.I. The Labute approximate surface area is 203 Å². The van der Waals surface area contributed by atoms with Crippen molar-refractivity contribution in [1.82, 2.24) is 15.5 Å². The minimum absolute atomic E-state index is 0. The van der Waals surface area contributed by atoms with Crippen LogP contribution in [-0.4, -0.2) is 43.1 Å². The van der Waals surface area contributed by atoms with E-state index in [-0.39, 0.29) is 36.1 Å². The maximum absolute atomic E-state index is 5.72. The van der Waals surface area contributed by atoms with Gasteiger partial charge in [0.2, 0.25) is 0 Å². The molecule has 2 aromatic rings. The van der Waals surface area contributed by atoms with Crippen molar-refractivity contribution in [1.29, 1.82) is 0 Å². The van der Waals surface area contributed by atoms with E-state index < -0.39 is 0 Å². The predicted octanol–water partition coefficient (Wildman–Crippen LogP) is 4.71. The Morgan fingerprint density at radius 1 is 1.10 bits per heavy atom. The summed E-state index contributed by atoms with van der Waals surface area (Å²) in [5.41, 5.74) is 2.37. The van der Waals surface area contributed by atoms with Crippen molar-refractivity contribution in [3.63, 3.8) is 0 Å². The number of hydrogen-bond donors (Lipinski definition) is 2. The van der Waals surface area contributed by atoms with Crippen LogP contribution in [0.5, 0.6) is 0 Å². The molecule has 6 nitrogen and oxygen atoms in total. The monoisotopic (exact) mass is 540 g/mol. The van der Waals surface area contributed by atoms with Crippen LogP contribution in [-0.2, 0) is 17.9 Å². The number of rotatable bonds is 10. The highest BCUT2D eigenvalue weighted by Gasteiger charge is 2.25. The number of likely N-dealkylation sites (tertiary alicyclic amines) is 1. The predicted molar refractivity (Wildman–Crippen MR) is 137 cm³/mol. The van der Waals surface area contributed by atoms with Gasteiger partial charge in [0.05, 0.1) is 31.6 Å². The van der Waals surface area contributed by atoms with Crippen LogP contribution in [0.2, 0.25) is 0 Å². The van der Waals surface area contributed by atoms with Crippen molar-refractivity contribution in [2.45, 2.75) is 58.9 Å². The summed E-state index contributed by atoms with van der Waals surface area (Å²) < 4.78 is 11.4. The van der Waals surface area contributed by atoms with Crippen molar-refractivity contribution < 1.29 is 9.15 Å². The van der Waals surface area contributed by atoms with Gasteiger partial charge in [0.15, 0.2) is 5.96 Å². The van der Waals surface area contributed by atoms with Crippen LogP contribution in [0.4, 0.5) is 0 Å². The zero-order chi connectivity index (χ0) is 21.2. The van der Waals surface area contributed by atoms with Crippen molar-refractivity contribution >= 4 is 29.9 Å². The number of nitrogens with zero attached hydrogens (tertiary/aromatic N) is 2. The Morgan fingerprint density at radius 3 is 2.42 bits per heavy atom. The average Bonchev–Trinajstić information content (AvgIpc) is 3.46. The van der Waals surface area contributed by atoms with Crippen LogP contribution in [0.1, 0.15) is 56.5 Å². The van der Waals surface area contributed by atoms with E-state index in [0.29, 0.717) is 13.2 Å². The number of hydrogen-bond acceptors (Lipinski definition) is 4.